The molecule has 2 aromatic heterocycles. The monoisotopic (exact) mass is 342 g/mol. The van der Waals surface area contributed by atoms with Gasteiger partial charge in [-0.05, 0) is 25.1 Å². The van der Waals surface area contributed by atoms with Gasteiger partial charge in [-0.1, -0.05) is 0 Å². The number of aryl methyl sites for hydroxylation is 1. The zero-order chi connectivity index (χ0) is 17.8. The minimum atomic E-state index is -0.266. The van der Waals surface area contributed by atoms with Crippen LogP contribution in [-0.2, 0) is 4.74 Å². The second-order valence-electron chi connectivity index (χ2n) is 6.10. The molecule has 2 amide bonds. The van der Waals surface area contributed by atoms with E-state index in [2.05, 4.69) is 20.3 Å². The molecule has 0 saturated carbocycles. The minimum absolute atomic E-state index is 0.166. The molecule has 3 heterocycles. The molecular weight excluding hydrogens is 320 g/mol. The van der Waals surface area contributed by atoms with E-state index in [1.807, 2.05) is 44.1 Å². The van der Waals surface area contributed by atoms with Gasteiger partial charge in [-0.2, -0.15) is 0 Å². The smallest absolute Gasteiger partial charge is 0.322 e. The van der Waals surface area contributed by atoms with E-state index in [0.29, 0.717) is 31.3 Å². The summed E-state index contributed by atoms with van der Waals surface area (Å²) in [4.78, 5) is 29.0. The van der Waals surface area contributed by atoms with Gasteiger partial charge in [0.15, 0.2) is 0 Å². The highest BCUT2D eigenvalue weighted by atomic mass is 16.5. The van der Waals surface area contributed by atoms with Crippen molar-refractivity contribution in [3.8, 4) is 0 Å². The predicted octanol–water partition coefficient (Wildman–Crippen LogP) is 1.85. The van der Waals surface area contributed by atoms with Gasteiger partial charge in [-0.15, -0.1) is 0 Å². The van der Waals surface area contributed by atoms with Gasteiger partial charge in [0.2, 0.25) is 5.95 Å². The van der Waals surface area contributed by atoms with E-state index in [1.54, 1.807) is 17.3 Å². The third kappa shape index (κ3) is 4.21. The normalized spacial score (nSPS) is 17.2. The fraction of sp³-hybridized carbons (Fsp3) is 0.412. The summed E-state index contributed by atoms with van der Waals surface area (Å²) in [5, 5.41) is 2.87. The lowest BCUT2D eigenvalue weighted by Crippen LogP contribution is -2.44. The predicted molar refractivity (Wildman–Crippen MR) is 94.6 cm³/mol. The van der Waals surface area contributed by atoms with Crippen molar-refractivity contribution in [2.45, 2.75) is 13.0 Å². The molecule has 1 N–H and O–H groups in total. The Morgan fingerprint density at radius 3 is 2.88 bits per heavy atom. The zero-order valence-electron chi connectivity index (χ0n) is 14.6. The highest BCUT2D eigenvalue weighted by Gasteiger charge is 2.26. The highest BCUT2D eigenvalue weighted by molar-refractivity contribution is 5.89. The Kier molecular flexibility index (Phi) is 5.08. The van der Waals surface area contributed by atoms with Crippen LogP contribution in [0.2, 0.25) is 0 Å². The van der Waals surface area contributed by atoms with Gasteiger partial charge in [0.05, 0.1) is 30.7 Å². The van der Waals surface area contributed by atoms with E-state index in [0.717, 1.165) is 11.4 Å². The van der Waals surface area contributed by atoms with Gasteiger partial charge in [-0.25, -0.2) is 14.8 Å². The number of hydrogen-bond acceptors (Lipinski definition) is 6. The largest absolute Gasteiger partial charge is 0.368 e. The molecule has 0 unspecified atom stereocenters. The van der Waals surface area contributed by atoms with Crippen LogP contribution in [0.1, 0.15) is 17.5 Å². The number of pyridine rings is 1. The van der Waals surface area contributed by atoms with Gasteiger partial charge >= 0.3 is 6.03 Å². The van der Waals surface area contributed by atoms with Crippen LogP contribution >= 0.6 is 0 Å². The van der Waals surface area contributed by atoms with Crippen LogP contribution in [0, 0.1) is 6.92 Å². The van der Waals surface area contributed by atoms with Gasteiger partial charge in [-0.3, -0.25) is 4.98 Å². The van der Waals surface area contributed by atoms with Gasteiger partial charge < -0.3 is 19.9 Å². The summed E-state index contributed by atoms with van der Waals surface area (Å²) in [6.07, 6.45) is 3.09. The molecule has 1 fully saturated rings. The molecule has 8 nitrogen and oxygen atoms in total. The number of amides is 2. The number of urea groups is 1. The van der Waals surface area contributed by atoms with E-state index in [4.69, 9.17) is 4.74 Å². The molecule has 132 valence electrons. The van der Waals surface area contributed by atoms with E-state index in [9.17, 15) is 4.79 Å². The third-order valence-electron chi connectivity index (χ3n) is 3.91. The van der Waals surface area contributed by atoms with Crippen molar-refractivity contribution in [3.63, 3.8) is 0 Å². The van der Waals surface area contributed by atoms with Crippen molar-refractivity contribution in [1.82, 2.24) is 19.9 Å². The maximum atomic E-state index is 12.5. The first-order valence-corrected chi connectivity index (χ1v) is 8.13. The van der Waals surface area contributed by atoms with Crippen LogP contribution in [0.5, 0.6) is 0 Å². The number of nitrogens with zero attached hydrogens (tertiary/aromatic N) is 5. The second kappa shape index (κ2) is 7.43. The van der Waals surface area contributed by atoms with Crippen molar-refractivity contribution < 1.29 is 9.53 Å². The Hall–Kier alpha value is -2.74. The van der Waals surface area contributed by atoms with E-state index in [-0.39, 0.29) is 12.1 Å². The van der Waals surface area contributed by atoms with Crippen molar-refractivity contribution in [1.29, 1.82) is 0 Å². The van der Waals surface area contributed by atoms with Crippen molar-refractivity contribution in [2.24, 2.45) is 0 Å². The Labute approximate surface area is 146 Å². The molecule has 2 aromatic rings. The Bertz CT molecular complexity index is 734. The molecular formula is C17H22N6O2. The number of hydrogen-bond donors (Lipinski definition) is 1. The molecule has 1 aliphatic rings. The molecule has 8 heteroatoms. The summed E-state index contributed by atoms with van der Waals surface area (Å²) in [5.74, 6) is 0.619. The average molecular weight is 342 g/mol. The van der Waals surface area contributed by atoms with Crippen LogP contribution < -0.4 is 10.2 Å². The maximum Gasteiger partial charge on any atom is 0.322 e. The fourth-order valence-corrected chi connectivity index (χ4v) is 2.51. The standard InChI is InChI=1S/C17H22N6O2/c1-12-4-5-13(10-19-12)20-17(24)23-8-9-25-15(11-23)14-6-7-18-16(21-14)22(2)3/h4-7,10,15H,8-9,11H2,1-3H3,(H,20,24)/t15-/m0/s1. The van der Waals surface area contributed by atoms with Crippen LogP contribution in [0.3, 0.4) is 0 Å². The summed E-state index contributed by atoms with van der Waals surface area (Å²) in [6.45, 7) is 3.34. The number of carbonyl (C=O) groups is 1. The van der Waals surface area contributed by atoms with Crippen molar-refractivity contribution in [3.05, 3.63) is 42.0 Å². The molecule has 0 radical (unpaired) electrons. The first-order chi connectivity index (χ1) is 12.0. The Morgan fingerprint density at radius 1 is 1.32 bits per heavy atom. The van der Waals surface area contributed by atoms with Gasteiger partial charge in [0.1, 0.15) is 6.10 Å². The first kappa shape index (κ1) is 17.1. The zero-order valence-corrected chi connectivity index (χ0v) is 14.6. The average Bonchev–Trinajstić information content (AvgIpc) is 2.64. The summed E-state index contributed by atoms with van der Waals surface area (Å²) >= 11 is 0. The third-order valence-corrected chi connectivity index (χ3v) is 3.91. The molecule has 1 aliphatic heterocycles. The number of morpholine rings is 1. The van der Waals surface area contributed by atoms with E-state index in [1.165, 1.54) is 0 Å². The Morgan fingerprint density at radius 2 is 2.16 bits per heavy atom. The lowest BCUT2D eigenvalue weighted by molar-refractivity contribution is -0.0157. The molecule has 0 aromatic carbocycles. The maximum absolute atomic E-state index is 12.5. The highest BCUT2D eigenvalue weighted by Crippen LogP contribution is 2.22. The number of aromatic nitrogens is 3. The molecule has 1 saturated heterocycles. The summed E-state index contributed by atoms with van der Waals surface area (Å²) < 4.78 is 5.80. The summed E-state index contributed by atoms with van der Waals surface area (Å²) in [5.41, 5.74) is 2.36. The van der Waals surface area contributed by atoms with Crippen molar-refractivity contribution >= 4 is 17.7 Å². The molecule has 1 atom stereocenters. The first-order valence-electron chi connectivity index (χ1n) is 8.13. The van der Waals surface area contributed by atoms with E-state index < -0.39 is 0 Å². The lowest BCUT2D eigenvalue weighted by atomic mass is 10.2. The van der Waals surface area contributed by atoms with Gasteiger partial charge in [0.25, 0.3) is 0 Å². The van der Waals surface area contributed by atoms with Crippen LogP contribution in [0.25, 0.3) is 0 Å². The van der Waals surface area contributed by atoms with E-state index >= 15 is 0 Å². The minimum Gasteiger partial charge on any atom is -0.368 e. The molecule has 0 aliphatic carbocycles. The summed E-state index contributed by atoms with van der Waals surface area (Å²) in [6, 6.07) is 5.36. The second-order valence-corrected chi connectivity index (χ2v) is 6.10. The summed E-state index contributed by atoms with van der Waals surface area (Å²) in [7, 11) is 3.77. The number of nitrogens with one attached hydrogen (secondary N) is 1. The quantitative estimate of drug-likeness (QED) is 0.916. The molecule has 0 spiro atoms. The van der Waals surface area contributed by atoms with Crippen LogP contribution in [0.4, 0.5) is 16.4 Å². The SMILES string of the molecule is Cc1ccc(NC(=O)N2CCO[C@H](c3ccnc(N(C)C)n3)C2)cn1. The number of carbonyl (C=O) groups excluding carboxylic acids is 1. The fourth-order valence-electron chi connectivity index (χ4n) is 2.51. The molecule has 3 rings (SSSR count). The topological polar surface area (TPSA) is 83.5 Å². The van der Waals surface area contributed by atoms with Crippen LogP contribution in [0.15, 0.2) is 30.6 Å². The molecule has 25 heavy (non-hydrogen) atoms. The number of ether oxygens (including phenoxy) is 1. The Balaban J connectivity index is 1.67. The lowest BCUT2D eigenvalue weighted by Gasteiger charge is -2.32. The van der Waals surface area contributed by atoms with Gasteiger partial charge in [0, 0.05) is 32.5 Å². The number of rotatable bonds is 3. The number of anilines is 2. The van der Waals surface area contributed by atoms with Crippen molar-refractivity contribution in [2.75, 3.05) is 44.0 Å². The molecule has 0 bridgehead atoms. The van der Waals surface area contributed by atoms with Crippen LogP contribution in [-0.4, -0.2) is 59.7 Å².